The van der Waals surface area contributed by atoms with Gasteiger partial charge in [0, 0.05) is 18.0 Å². The lowest BCUT2D eigenvalue weighted by atomic mass is 10.1. The first-order valence-corrected chi connectivity index (χ1v) is 8.48. The lowest BCUT2D eigenvalue weighted by Crippen LogP contribution is -2.29. The summed E-state index contributed by atoms with van der Waals surface area (Å²) in [6.45, 7) is 0.645. The number of sulfone groups is 1. The SMILES string of the molecule is COc1ccc2cc(CNC3C=CS(=O)(=O)C3)ccc2c1. The van der Waals surface area contributed by atoms with E-state index in [1.807, 2.05) is 24.3 Å². The quantitative estimate of drug-likeness (QED) is 0.941. The molecule has 0 amide bonds. The van der Waals surface area contributed by atoms with Crippen LogP contribution in [0.15, 0.2) is 47.9 Å². The third kappa shape index (κ3) is 3.25. The van der Waals surface area contributed by atoms with Crippen LogP contribution in [-0.2, 0) is 16.4 Å². The molecule has 1 heterocycles. The Labute approximate surface area is 124 Å². The number of ether oxygens (including phenoxy) is 1. The normalized spacial score (nSPS) is 20.0. The van der Waals surface area contributed by atoms with E-state index in [9.17, 15) is 8.42 Å². The zero-order valence-electron chi connectivity index (χ0n) is 11.7. The maximum absolute atomic E-state index is 11.3. The van der Waals surface area contributed by atoms with Crippen LogP contribution in [0.2, 0.25) is 0 Å². The minimum absolute atomic E-state index is 0.0958. The Balaban J connectivity index is 1.72. The molecule has 4 nitrogen and oxygen atoms in total. The van der Waals surface area contributed by atoms with Crippen LogP contribution >= 0.6 is 0 Å². The van der Waals surface area contributed by atoms with Gasteiger partial charge in [0.1, 0.15) is 5.75 Å². The van der Waals surface area contributed by atoms with E-state index in [0.29, 0.717) is 6.54 Å². The van der Waals surface area contributed by atoms with Crippen molar-refractivity contribution in [2.75, 3.05) is 12.9 Å². The van der Waals surface area contributed by atoms with Crippen molar-refractivity contribution in [3.8, 4) is 5.75 Å². The van der Waals surface area contributed by atoms with Gasteiger partial charge in [-0.15, -0.1) is 0 Å². The van der Waals surface area contributed by atoms with Crippen molar-refractivity contribution in [3.05, 3.63) is 53.4 Å². The summed E-state index contributed by atoms with van der Waals surface area (Å²) in [7, 11) is -1.34. The minimum Gasteiger partial charge on any atom is -0.497 e. The summed E-state index contributed by atoms with van der Waals surface area (Å²) in [5.41, 5.74) is 1.13. The Bertz CT molecular complexity index is 796. The van der Waals surface area contributed by atoms with Crippen molar-refractivity contribution in [1.82, 2.24) is 5.32 Å². The van der Waals surface area contributed by atoms with Crippen LogP contribution in [0.3, 0.4) is 0 Å². The van der Waals surface area contributed by atoms with Gasteiger partial charge in [-0.2, -0.15) is 0 Å². The molecule has 0 saturated carbocycles. The average molecular weight is 303 g/mol. The molecule has 5 heteroatoms. The van der Waals surface area contributed by atoms with Gasteiger partial charge >= 0.3 is 0 Å². The monoisotopic (exact) mass is 303 g/mol. The number of fused-ring (bicyclic) bond motifs is 1. The average Bonchev–Trinajstić information content (AvgIpc) is 2.83. The van der Waals surface area contributed by atoms with Gasteiger partial charge in [0.25, 0.3) is 0 Å². The van der Waals surface area contributed by atoms with Gasteiger partial charge in [0.2, 0.25) is 0 Å². The maximum Gasteiger partial charge on any atom is 0.173 e. The lowest BCUT2D eigenvalue weighted by molar-refractivity contribution is 0.415. The maximum atomic E-state index is 11.3. The van der Waals surface area contributed by atoms with Gasteiger partial charge in [-0.1, -0.05) is 24.3 Å². The highest BCUT2D eigenvalue weighted by atomic mass is 32.2. The van der Waals surface area contributed by atoms with E-state index < -0.39 is 9.84 Å². The number of benzene rings is 2. The molecule has 0 spiro atoms. The second kappa shape index (κ2) is 5.50. The Kier molecular flexibility index (Phi) is 3.69. The topological polar surface area (TPSA) is 55.4 Å². The molecule has 1 aliphatic rings. The molecule has 0 bridgehead atoms. The molecule has 0 saturated heterocycles. The Morgan fingerprint density at radius 1 is 1.19 bits per heavy atom. The molecule has 0 radical (unpaired) electrons. The smallest absolute Gasteiger partial charge is 0.173 e. The van der Waals surface area contributed by atoms with E-state index in [4.69, 9.17) is 4.74 Å². The first-order valence-electron chi connectivity index (χ1n) is 6.77. The van der Waals surface area contributed by atoms with Crippen LogP contribution in [0.5, 0.6) is 5.75 Å². The highest BCUT2D eigenvalue weighted by Crippen LogP contribution is 2.22. The third-order valence-electron chi connectivity index (χ3n) is 3.61. The largest absolute Gasteiger partial charge is 0.497 e. The summed E-state index contributed by atoms with van der Waals surface area (Å²) < 4.78 is 27.9. The van der Waals surface area contributed by atoms with Gasteiger partial charge in [-0.05, 0) is 34.5 Å². The molecule has 1 unspecified atom stereocenters. The predicted octanol–water partition coefficient (Wildman–Crippen LogP) is 2.25. The molecular formula is C16H17NO3S. The molecule has 0 aromatic heterocycles. The van der Waals surface area contributed by atoms with E-state index in [1.54, 1.807) is 13.2 Å². The predicted molar refractivity (Wildman–Crippen MR) is 84.1 cm³/mol. The summed E-state index contributed by atoms with van der Waals surface area (Å²) in [4.78, 5) is 0. The number of hydrogen-bond donors (Lipinski definition) is 1. The van der Waals surface area contributed by atoms with Crippen LogP contribution in [0, 0.1) is 0 Å². The molecule has 2 aromatic rings. The van der Waals surface area contributed by atoms with Gasteiger partial charge in [0.15, 0.2) is 9.84 Å². The van der Waals surface area contributed by atoms with Gasteiger partial charge in [-0.3, -0.25) is 0 Å². The van der Waals surface area contributed by atoms with E-state index >= 15 is 0 Å². The summed E-state index contributed by atoms with van der Waals surface area (Å²) in [5.74, 6) is 0.993. The number of hydrogen-bond acceptors (Lipinski definition) is 4. The highest BCUT2D eigenvalue weighted by molar-refractivity contribution is 7.94. The van der Waals surface area contributed by atoms with Gasteiger partial charge in [-0.25, -0.2) is 8.42 Å². The van der Waals surface area contributed by atoms with Crippen molar-refractivity contribution in [2.24, 2.45) is 0 Å². The number of methoxy groups -OCH3 is 1. The van der Waals surface area contributed by atoms with Crippen LogP contribution < -0.4 is 10.1 Å². The highest BCUT2D eigenvalue weighted by Gasteiger charge is 2.20. The fraction of sp³-hybridized carbons (Fsp3) is 0.250. The first kappa shape index (κ1) is 14.1. The fourth-order valence-electron chi connectivity index (χ4n) is 2.46. The van der Waals surface area contributed by atoms with E-state index in [2.05, 4.69) is 17.4 Å². The van der Waals surface area contributed by atoms with Crippen molar-refractivity contribution >= 4 is 20.6 Å². The fourth-order valence-corrected chi connectivity index (χ4v) is 3.73. The zero-order chi connectivity index (χ0) is 14.9. The van der Waals surface area contributed by atoms with Gasteiger partial charge < -0.3 is 10.1 Å². The summed E-state index contributed by atoms with van der Waals surface area (Å²) in [6, 6.07) is 12.1. The molecule has 0 fully saturated rings. The molecule has 3 rings (SSSR count). The van der Waals surface area contributed by atoms with Crippen molar-refractivity contribution in [2.45, 2.75) is 12.6 Å². The van der Waals surface area contributed by atoms with Crippen molar-refractivity contribution in [1.29, 1.82) is 0 Å². The summed E-state index contributed by atoms with van der Waals surface area (Å²) in [5, 5.41) is 6.81. The second-order valence-electron chi connectivity index (χ2n) is 5.19. The first-order chi connectivity index (χ1) is 10.1. The molecule has 110 valence electrons. The molecule has 1 aliphatic heterocycles. The van der Waals surface area contributed by atoms with Crippen LogP contribution in [0.25, 0.3) is 10.8 Å². The zero-order valence-corrected chi connectivity index (χ0v) is 12.6. The van der Waals surface area contributed by atoms with Crippen molar-refractivity contribution in [3.63, 3.8) is 0 Å². The number of nitrogens with one attached hydrogen (secondary N) is 1. The van der Waals surface area contributed by atoms with Gasteiger partial charge in [0.05, 0.1) is 12.9 Å². The molecule has 1 N–H and O–H groups in total. The molecule has 1 atom stereocenters. The third-order valence-corrected chi connectivity index (χ3v) is 5.01. The minimum atomic E-state index is -3.00. The van der Waals surface area contributed by atoms with Crippen LogP contribution in [0.1, 0.15) is 5.56 Å². The summed E-state index contributed by atoms with van der Waals surface area (Å²) >= 11 is 0. The molecule has 21 heavy (non-hydrogen) atoms. The van der Waals surface area contributed by atoms with Crippen molar-refractivity contribution < 1.29 is 13.2 Å². The van der Waals surface area contributed by atoms with E-state index in [1.165, 1.54) is 5.41 Å². The molecule has 0 aliphatic carbocycles. The lowest BCUT2D eigenvalue weighted by Gasteiger charge is -2.10. The van der Waals surface area contributed by atoms with Crippen LogP contribution in [0.4, 0.5) is 0 Å². The van der Waals surface area contributed by atoms with Crippen LogP contribution in [-0.4, -0.2) is 27.3 Å². The Morgan fingerprint density at radius 3 is 2.67 bits per heavy atom. The standard InChI is InChI=1S/C16H17NO3S/c1-20-16-5-4-13-8-12(2-3-14(13)9-16)10-17-15-6-7-21(18,19)11-15/h2-9,15,17H,10-11H2,1H3. The Hall–Kier alpha value is -1.85. The molecular weight excluding hydrogens is 286 g/mol. The second-order valence-corrected chi connectivity index (χ2v) is 7.12. The van der Waals surface area contributed by atoms with E-state index in [0.717, 1.165) is 22.1 Å². The molecule has 2 aromatic carbocycles. The summed E-state index contributed by atoms with van der Waals surface area (Å²) in [6.07, 6.45) is 1.71. The Morgan fingerprint density at radius 2 is 1.95 bits per heavy atom. The number of rotatable bonds is 4. The van der Waals surface area contributed by atoms with E-state index in [-0.39, 0.29) is 11.8 Å².